The third-order valence-electron chi connectivity index (χ3n) is 4.63. The quantitative estimate of drug-likeness (QED) is 0.734. The van der Waals surface area contributed by atoms with E-state index in [-0.39, 0.29) is 11.9 Å². The van der Waals surface area contributed by atoms with Gasteiger partial charge in [0.1, 0.15) is 12.1 Å². The van der Waals surface area contributed by atoms with Crippen LogP contribution in [0.3, 0.4) is 0 Å². The molecule has 25 heavy (non-hydrogen) atoms. The van der Waals surface area contributed by atoms with Crippen LogP contribution >= 0.6 is 0 Å². The minimum Gasteiger partial charge on any atom is -0.497 e. The van der Waals surface area contributed by atoms with Crippen LogP contribution in [0, 0.1) is 0 Å². The lowest BCUT2D eigenvalue weighted by Gasteiger charge is -2.36. The Balaban J connectivity index is 1.71. The molecule has 0 N–H and O–H groups in total. The van der Waals surface area contributed by atoms with E-state index in [4.69, 9.17) is 4.74 Å². The van der Waals surface area contributed by atoms with E-state index in [1.165, 1.54) is 6.33 Å². The maximum atomic E-state index is 13.1. The Hall–Kier alpha value is -2.96. The predicted octanol–water partition coefficient (Wildman–Crippen LogP) is 2.50. The Labute approximate surface area is 145 Å². The van der Waals surface area contributed by atoms with Crippen LogP contribution in [0.15, 0.2) is 42.9 Å². The lowest BCUT2D eigenvalue weighted by Crippen LogP contribution is -2.39. The molecule has 1 saturated heterocycles. The van der Waals surface area contributed by atoms with Gasteiger partial charge >= 0.3 is 0 Å². The number of likely N-dealkylation sites (tertiary alicyclic amines) is 1. The number of nitrogens with zero attached hydrogens (tertiary/aromatic N) is 5. The topological polar surface area (TPSA) is 72.6 Å². The fourth-order valence-corrected chi connectivity index (χ4v) is 3.41. The van der Waals surface area contributed by atoms with Crippen molar-refractivity contribution >= 4 is 11.7 Å². The zero-order valence-electron chi connectivity index (χ0n) is 14.0. The van der Waals surface area contributed by atoms with Gasteiger partial charge in [0.05, 0.1) is 18.8 Å². The van der Waals surface area contributed by atoms with Crippen molar-refractivity contribution in [3.8, 4) is 5.75 Å². The van der Waals surface area contributed by atoms with E-state index >= 15 is 0 Å². The Bertz CT molecular complexity index is 907. The van der Waals surface area contributed by atoms with Crippen molar-refractivity contribution in [3.05, 3.63) is 54.1 Å². The molecule has 7 heteroatoms. The van der Waals surface area contributed by atoms with Gasteiger partial charge in [0.2, 0.25) is 0 Å². The highest BCUT2D eigenvalue weighted by Gasteiger charge is 2.30. The zero-order valence-corrected chi connectivity index (χ0v) is 14.0. The molecule has 1 amide bonds. The summed E-state index contributed by atoms with van der Waals surface area (Å²) in [6, 6.07) is 9.17. The van der Waals surface area contributed by atoms with Crippen LogP contribution in [0.1, 0.15) is 41.4 Å². The van der Waals surface area contributed by atoms with Crippen molar-refractivity contribution in [2.45, 2.75) is 25.3 Å². The number of hydrogen-bond acceptors (Lipinski definition) is 5. The second-order valence-corrected chi connectivity index (χ2v) is 6.08. The van der Waals surface area contributed by atoms with E-state index in [2.05, 4.69) is 15.1 Å². The summed E-state index contributed by atoms with van der Waals surface area (Å²) in [5.74, 6) is 1.24. The average molecular weight is 337 g/mol. The standard InChI is InChI=1S/C18H19N5O2/c1-25-14-6-4-5-13(11-14)17(24)22-10-3-2-7-15(22)16-8-9-19-18-20-12-21-23(16)18/h4-6,8-9,11-12,15H,2-3,7,10H2,1H3/t15-/m0/s1. The van der Waals surface area contributed by atoms with Crippen molar-refractivity contribution in [2.24, 2.45) is 0 Å². The fraction of sp³-hybridized carbons (Fsp3) is 0.333. The van der Waals surface area contributed by atoms with E-state index in [1.807, 2.05) is 29.2 Å². The number of amides is 1. The van der Waals surface area contributed by atoms with Crippen molar-refractivity contribution in [1.29, 1.82) is 0 Å². The molecule has 0 unspecified atom stereocenters. The van der Waals surface area contributed by atoms with Crippen LogP contribution in [0.4, 0.5) is 0 Å². The summed E-state index contributed by atoms with van der Waals surface area (Å²) in [5.41, 5.74) is 1.58. The van der Waals surface area contributed by atoms with E-state index in [9.17, 15) is 4.79 Å². The predicted molar refractivity (Wildman–Crippen MR) is 91.4 cm³/mol. The number of methoxy groups -OCH3 is 1. The second kappa shape index (κ2) is 6.51. The van der Waals surface area contributed by atoms with E-state index in [0.717, 1.165) is 31.5 Å². The second-order valence-electron chi connectivity index (χ2n) is 6.08. The molecule has 128 valence electrons. The first kappa shape index (κ1) is 15.6. The summed E-state index contributed by atoms with van der Waals surface area (Å²) in [4.78, 5) is 23.4. The molecule has 7 nitrogen and oxygen atoms in total. The van der Waals surface area contributed by atoms with Gasteiger partial charge in [-0.15, -0.1) is 0 Å². The van der Waals surface area contributed by atoms with Crippen LogP contribution in [-0.4, -0.2) is 44.0 Å². The third kappa shape index (κ3) is 2.82. The molecule has 1 aromatic carbocycles. The van der Waals surface area contributed by atoms with Crippen molar-refractivity contribution < 1.29 is 9.53 Å². The van der Waals surface area contributed by atoms with Gasteiger partial charge in [-0.2, -0.15) is 14.6 Å². The van der Waals surface area contributed by atoms with Crippen LogP contribution in [0.2, 0.25) is 0 Å². The molecule has 0 radical (unpaired) electrons. The monoisotopic (exact) mass is 337 g/mol. The summed E-state index contributed by atoms with van der Waals surface area (Å²) >= 11 is 0. The summed E-state index contributed by atoms with van der Waals surface area (Å²) in [7, 11) is 1.60. The number of rotatable bonds is 3. The zero-order chi connectivity index (χ0) is 17.2. The van der Waals surface area contributed by atoms with Gasteiger partial charge in [-0.1, -0.05) is 6.07 Å². The van der Waals surface area contributed by atoms with Gasteiger partial charge in [0, 0.05) is 18.3 Å². The molecule has 4 rings (SSSR count). The van der Waals surface area contributed by atoms with Crippen LogP contribution in [-0.2, 0) is 0 Å². The first-order valence-corrected chi connectivity index (χ1v) is 8.37. The van der Waals surface area contributed by atoms with E-state index in [1.54, 1.807) is 23.9 Å². The highest BCUT2D eigenvalue weighted by atomic mass is 16.5. The first-order valence-electron chi connectivity index (χ1n) is 8.37. The van der Waals surface area contributed by atoms with Gasteiger partial charge in [0.15, 0.2) is 0 Å². The van der Waals surface area contributed by atoms with Crippen molar-refractivity contribution in [2.75, 3.05) is 13.7 Å². The minimum absolute atomic E-state index is 0.00803. The maximum absolute atomic E-state index is 13.1. The lowest BCUT2D eigenvalue weighted by molar-refractivity contribution is 0.0603. The largest absolute Gasteiger partial charge is 0.497 e. The highest BCUT2D eigenvalue weighted by molar-refractivity contribution is 5.95. The maximum Gasteiger partial charge on any atom is 0.254 e. The number of ether oxygens (including phenoxy) is 1. The van der Waals surface area contributed by atoms with E-state index in [0.29, 0.717) is 17.1 Å². The number of carbonyl (C=O) groups excluding carboxylic acids is 1. The molecule has 0 saturated carbocycles. The molecule has 1 aliphatic rings. The summed E-state index contributed by atoms with van der Waals surface area (Å²) < 4.78 is 6.97. The molecular formula is C18H19N5O2. The molecule has 2 aromatic heterocycles. The minimum atomic E-state index is -0.0420. The molecule has 1 aliphatic heterocycles. The number of aromatic nitrogens is 4. The normalized spacial score (nSPS) is 17.6. The summed E-state index contributed by atoms with van der Waals surface area (Å²) in [6.07, 6.45) is 6.18. The Morgan fingerprint density at radius 2 is 2.16 bits per heavy atom. The number of hydrogen-bond donors (Lipinski definition) is 0. The lowest BCUT2D eigenvalue weighted by atomic mass is 9.98. The van der Waals surface area contributed by atoms with Crippen LogP contribution in [0.25, 0.3) is 5.78 Å². The molecule has 0 spiro atoms. The first-order chi connectivity index (χ1) is 12.3. The van der Waals surface area contributed by atoms with Gasteiger partial charge < -0.3 is 9.64 Å². The third-order valence-corrected chi connectivity index (χ3v) is 4.63. The Morgan fingerprint density at radius 3 is 3.04 bits per heavy atom. The molecule has 1 atom stereocenters. The summed E-state index contributed by atoms with van der Waals surface area (Å²) in [6.45, 7) is 0.721. The summed E-state index contributed by atoms with van der Waals surface area (Å²) in [5, 5.41) is 4.27. The van der Waals surface area contributed by atoms with Crippen LogP contribution < -0.4 is 4.74 Å². The Kier molecular flexibility index (Phi) is 4.05. The Morgan fingerprint density at radius 1 is 1.24 bits per heavy atom. The number of carbonyl (C=O) groups is 1. The molecule has 3 heterocycles. The van der Waals surface area contributed by atoms with Gasteiger partial charge in [-0.25, -0.2) is 4.98 Å². The van der Waals surface area contributed by atoms with Crippen molar-refractivity contribution in [1.82, 2.24) is 24.5 Å². The number of fused-ring (bicyclic) bond motifs is 1. The molecule has 1 fully saturated rings. The SMILES string of the molecule is COc1cccc(C(=O)N2CCCC[C@H]2c2ccnc3ncnn23)c1. The molecule has 0 bridgehead atoms. The highest BCUT2D eigenvalue weighted by Crippen LogP contribution is 2.32. The van der Waals surface area contributed by atoms with Gasteiger partial charge in [-0.3, -0.25) is 4.79 Å². The van der Waals surface area contributed by atoms with Gasteiger partial charge in [-0.05, 0) is 43.5 Å². The fourth-order valence-electron chi connectivity index (χ4n) is 3.41. The molecule has 3 aromatic rings. The number of benzene rings is 1. The van der Waals surface area contributed by atoms with Crippen molar-refractivity contribution in [3.63, 3.8) is 0 Å². The van der Waals surface area contributed by atoms with Gasteiger partial charge in [0.25, 0.3) is 11.7 Å². The molecular weight excluding hydrogens is 318 g/mol. The molecule has 0 aliphatic carbocycles. The van der Waals surface area contributed by atoms with E-state index < -0.39 is 0 Å². The number of piperidine rings is 1. The smallest absolute Gasteiger partial charge is 0.254 e. The van der Waals surface area contributed by atoms with Crippen LogP contribution in [0.5, 0.6) is 5.75 Å². The average Bonchev–Trinajstić information content (AvgIpc) is 3.16.